The molecule has 1 unspecified atom stereocenters. The fourth-order valence-corrected chi connectivity index (χ4v) is 1.82. The number of hydrogen-bond donors (Lipinski definition) is 0. The third-order valence-electron chi connectivity index (χ3n) is 2.73. The molecule has 0 saturated heterocycles. The van der Waals surface area contributed by atoms with Gasteiger partial charge in [0.25, 0.3) is 0 Å². The van der Waals surface area contributed by atoms with Crippen LogP contribution in [-0.2, 0) is 16.1 Å². The molecule has 0 heterocycles. The minimum absolute atomic E-state index is 0.103. The van der Waals surface area contributed by atoms with Crippen molar-refractivity contribution in [2.75, 3.05) is 6.61 Å². The Bertz CT molecular complexity index is 330. The maximum atomic E-state index is 11.7. The topological polar surface area (TPSA) is 26.3 Å². The maximum Gasteiger partial charge on any atom is 0.161 e. The van der Waals surface area contributed by atoms with E-state index < -0.39 is 0 Å². The molecule has 0 radical (unpaired) electrons. The summed E-state index contributed by atoms with van der Waals surface area (Å²) in [6, 6.07) is 9.92. The lowest BCUT2D eigenvalue weighted by Crippen LogP contribution is -2.18. The number of benzene rings is 1. The first-order chi connectivity index (χ1) is 8.09. The van der Waals surface area contributed by atoms with Crippen LogP contribution >= 0.6 is 0 Å². The Morgan fingerprint density at radius 2 is 1.82 bits per heavy atom. The van der Waals surface area contributed by atoms with Gasteiger partial charge in [-0.05, 0) is 17.9 Å². The molecule has 2 nitrogen and oxygen atoms in total. The number of rotatable bonds is 7. The second-order valence-electron chi connectivity index (χ2n) is 4.98. The van der Waals surface area contributed by atoms with Crippen molar-refractivity contribution < 1.29 is 9.53 Å². The van der Waals surface area contributed by atoms with Crippen molar-refractivity contribution in [3.05, 3.63) is 35.9 Å². The van der Waals surface area contributed by atoms with E-state index in [4.69, 9.17) is 4.74 Å². The van der Waals surface area contributed by atoms with Crippen molar-refractivity contribution in [3.8, 4) is 0 Å². The van der Waals surface area contributed by atoms with E-state index in [0.29, 0.717) is 12.5 Å². The molecule has 1 aromatic carbocycles. The van der Waals surface area contributed by atoms with Gasteiger partial charge in [-0.15, -0.1) is 0 Å². The molecular weight excluding hydrogens is 212 g/mol. The Labute approximate surface area is 104 Å². The van der Waals surface area contributed by atoms with Gasteiger partial charge in [-0.3, -0.25) is 4.79 Å². The second kappa shape index (κ2) is 7.23. The minimum atomic E-state index is 0.103. The quantitative estimate of drug-likeness (QED) is 0.722. The Hall–Kier alpha value is -1.15. The van der Waals surface area contributed by atoms with Gasteiger partial charge in [0.15, 0.2) is 5.78 Å². The summed E-state index contributed by atoms with van der Waals surface area (Å²) in [6.45, 7) is 6.99. The van der Waals surface area contributed by atoms with Crippen LogP contribution < -0.4 is 0 Å². The lowest BCUT2D eigenvalue weighted by molar-refractivity contribution is -0.127. The van der Waals surface area contributed by atoms with Gasteiger partial charge in [-0.1, -0.05) is 51.1 Å². The Morgan fingerprint density at radius 3 is 2.41 bits per heavy atom. The predicted octanol–water partition coefficient (Wildman–Crippen LogP) is 3.45. The van der Waals surface area contributed by atoms with E-state index in [0.717, 1.165) is 12.0 Å². The number of ketones is 1. The van der Waals surface area contributed by atoms with Crippen molar-refractivity contribution in [3.63, 3.8) is 0 Å². The summed E-state index contributed by atoms with van der Waals surface area (Å²) in [5, 5.41) is 0. The number of Topliss-reactive ketones (excluding diaryl/α,β-unsaturated/α-hetero) is 1. The summed E-state index contributed by atoms with van der Waals surface area (Å²) in [5.74, 6) is 0.864. The lowest BCUT2D eigenvalue weighted by atomic mass is 9.95. The number of ether oxygens (including phenoxy) is 1. The standard InChI is InChI=1S/C15H22O2/c1-12(2)9-13(3)15(16)11-17-10-14-7-5-4-6-8-14/h4-8,12-13H,9-11H2,1-3H3. The van der Waals surface area contributed by atoms with Crippen LogP contribution in [0, 0.1) is 11.8 Å². The molecule has 0 N–H and O–H groups in total. The largest absolute Gasteiger partial charge is 0.369 e. The van der Waals surface area contributed by atoms with E-state index >= 15 is 0 Å². The molecule has 0 bridgehead atoms. The second-order valence-corrected chi connectivity index (χ2v) is 4.98. The van der Waals surface area contributed by atoms with Crippen LogP contribution in [0.1, 0.15) is 32.8 Å². The van der Waals surface area contributed by atoms with Crippen LogP contribution in [0.15, 0.2) is 30.3 Å². The smallest absolute Gasteiger partial charge is 0.161 e. The molecule has 1 atom stereocenters. The van der Waals surface area contributed by atoms with E-state index in [1.165, 1.54) is 0 Å². The average molecular weight is 234 g/mol. The number of carbonyl (C=O) groups excluding carboxylic acids is 1. The highest BCUT2D eigenvalue weighted by atomic mass is 16.5. The first kappa shape index (κ1) is 13.9. The summed E-state index contributed by atoms with van der Waals surface area (Å²) in [4.78, 5) is 11.7. The Morgan fingerprint density at radius 1 is 1.18 bits per heavy atom. The monoisotopic (exact) mass is 234 g/mol. The third-order valence-corrected chi connectivity index (χ3v) is 2.73. The van der Waals surface area contributed by atoms with Crippen molar-refractivity contribution >= 4 is 5.78 Å². The number of carbonyl (C=O) groups is 1. The van der Waals surface area contributed by atoms with Crippen LogP contribution in [0.4, 0.5) is 0 Å². The van der Waals surface area contributed by atoms with Crippen molar-refractivity contribution in [1.82, 2.24) is 0 Å². The molecular formula is C15H22O2. The summed E-state index contributed by atoms with van der Waals surface area (Å²) in [7, 11) is 0. The fraction of sp³-hybridized carbons (Fsp3) is 0.533. The molecule has 1 aromatic rings. The molecule has 0 spiro atoms. The highest BCUT2D eigenvalue weighted by Gasteiger charge is 2.14. The van der Waals surface area contributed by atoms with Gasteiger partial charge in [0.1, 0.15) is 6.61 Å². The zero-order valence-electron chi connectivity index (χ0n) is 11.0. The van der Waals surface area contributed by atoms with Gasteiger partial charge in [0.05, 0.1) is 6.61 Å². The molecule has 0 fully saturated rings. The summed E-state index contributed by atoms with van der Waals surface area (Å²) in [5.41, 5.74) is 1.11. The van der Waals surface area contributed by atoms with E-state index in [-0.39, 0.29) is 18.3 Å². The van der Waals surface area contributed by atoms with E-state index in [1.807, 2.05) is 37.3 Å². The van der Waals surface area contributed by atoms with Crippen molar-refractivity contribution in [2.24, 2.45) is 11.8 Å². The Kier molecular flexibility index (Phi) is 5.92. The van der Waals surface area contributed by atoms with Crippen LogP contribution in [0.5, 0.6) is 0 Å². The van der Waals surface area contributed by atoms with Gasteiger partial charge in [-0.2, -0.15) is 0 Å². The minimum Gasteiger partial charge on any atom is -0.369 e. The average Bonchev–Trinajstić information content (AvgIpc) is 2.29. The number of hydrogen-bond acceptors (Lipinski definition) is 2. The highest BCUT2D eigenvalue weighted by Crippen LogP contribution is 2.12. The van der Waals surface area contributed by atoms with Gasteiger partial charge < -0.3 is 4.74 Å². The molecule has 17 heavy (non-hydrogen) atoms. The van der Waals surface area contributed by atoms with Crippen LogP contribution in [0.25, 0.3) is 0 Å². The van der Waals surface area contributed by atoms with Gasteiger partial charge in [0.2, 0.25) is 0 Å². The predicted molar refractivity (Wildman–Crippen MR) is 69.7 cm³/mol. The van der Waals surface area contributed by atoms with E-state index in [1.54, 1.807) is 0 Å². The lowest BCUT2D eigenvalue weighted by Gasteiger charge is -2.12. The summed E-state index contributed by atoms with van der Waals surface area (Å²) < 4.78 is 5.43. The van der Waals surface area contributed by atoms with Crippen LogP contribution in [0.2, 0.25) is 0 Å². The normalized spacial score (nSPS) is 12.7. The van der Waals surface area contributed by atoms with Gasteiger partial charge >= 0.3 is 0 Å². The zero-order valence-corrected chi connectivity index (χ0v) is 11.0. The molecule has 94 valence electrons. The maximum absolute atomic E-state index is 11.7. The molecule has 1 rings (SSSR count). The molecule has 0 aliphatic heterocycles. The SMILES string of the molecule is CC(C)CC(C)C(=O)COCc1ccccc1. The van der Waals surface area contributed by atoms with Gasteiger partial charge in [0, 0.05) is 5.92 Å². The molecule has 0 aromatic heterocycles. The van der Waals surface area contributed by atoms with Crippen LogP contribution in [0.3, 0.4) is 0 Å². The first-order valence-electron chi connectivity index (χ1n) is 6.24. The third kappa shape index (κ3) is 5.64. The molecule has 0 amide bonds. The zero-order chi connectivity index (χ0) is 12.7. The van der Waals surface area contributed by atoms with Gasteiger partial charge in [-0.25, -0.2) is 0 Å². The van der Waals surface area contributed by atoms with E-state index in [2.05, 4.69) is 13.8 Å². The van der Waals surface area contributed by atoms with Crippen molar-refractivity contribution in [1.29, 1.82) is 0 Å². The van der Waals surface area contributed by atoms with E-state index in [9.17, 15) is 4.79 Å². The fourth-order valence-electron chi connectivity index (χ4n) is 1.82. The highest BCUT2D eigenvalue weighted by molar-refractivity contribution is 5.81. The summed E-state index contributed by atoms with van der Waals surface area (Å²) >= 11 is 0. The van der Waals surface area contributed by atoms with Crippen LogP contribution in [-0.4, -0.2) is 12.4 Å². The summed E-state index contributed by atoms with van der Waals surface area (Å²) in [6.07, 6.45) is 0.938. The van der Waals surface area contributed by atoms with Crippen molar-refractivity contribution in [2.45, 2.75) is 33.8 Å². The molecule has 2 heteroatoms. The molecule has 0 aliphatic rings. The first-order valence-corrected chi connectivity index (χ1v) is 6.24. The molecule has 0 saturated carbocycles. The molecule has 0 aliphatic carbocycles. The Balaban J connectivity index is 2.24.